The quantitative estimate of drug-likeness (QED) is 0.515. The van der Waals surface area contributed by atoms with Gasteiger partial charge in [-0.05, 0) is 80.1 Å². The lowest BCUT2D eigenvalue weighted by molar-refractivity contribution is -0.117. The van der Waals surface area contributed by atoms with Crippen molar-refractivity contribution < 1.29 is 9.18 Å². The molecule has 1 aromatic heterocycles. The fourth-order valence-electron chi connectivity index (χ4n) is 5.72. The highest BCUT2D eigenvalue weighted by molar-refractivity contribution is 5.97. The van der Waals surface area contributed by atoms with Crippen LogP contribution < -0.4 is 4.90 Å². The van der Waals surface area contributed by atoms with Crippen molar-refractivity contribution in [3.63, 3.8) is 0 Å². The van der Waals surface area contributed by atoms with Crippen LogP contribution in [0.5, 0.6) is 0 Å². The van der Waals surface area contributed by atoms with Crippen LogP contribution in [0.3, 0.4) is 0 Å². The van der Waals surface area contributed by atoms with Crippen LogP contribution in [0.1, 0.15) is 43.7 Å². The van der Waals surface area contributed by atoms with Gasteiger partial charge in [0.1, 0.15) is 5.82 Å². The summed E-state index contributed by atoms with van der Waals surface area (Å²) in [4.78, 5) is 21.5. The molecule has 5 rings (SSSR count). The van der Waals surface area contributed by atoms with Crippen LogP contribution in [0.2, 0.25) is 0 Å². The zero-order valence-corrected chi connectivity index (χ0v) is 19.3. The van der Waals surface area contributed by atoms with Gasteiger partial charge in [0.05, 0.1) is 5.54 Å². The fraction of sp³-hybridized carbons (Fsp3) is 0.357. The van der Waals surface area contributed by atoms with Gasteiger partial charge in [0.25, 0.3) is 0 Å². The third kappa shape index (κ3) is 4.18. The molecule has 2 atom stereocenters. The largest absolute Gasteiger partial charge is 0.306 e. The number of carbonyl (C=O) groups excluding carboxylic acids is 1. The molecule has 0 saturated carbocycles. The Labute approximate surface area is 195 Å². The van der Waals surface area contributed by atoms with Crippen molar-refractivity contribution in [3.8, 4) is 11.1 Å². The Balaban J connectivity index is 1.34. The van der Waals surface area contributed by atoms with Crippen molar-refractivity contribution in [3.05, 3.63) is 83.9 Å². The van der Waals surface area contributed by atoms with Gasteiger partial charge in [0, 0.05) is 49.2 Å². The SMILES string of the molecule is Cc1ccncc1-c1cccc(CN2CC[C@@]3(CCC(=O)N3c3cccc(F)c3)C[C@H]2C)c1. The molecule has 33 heavy (non-hydrogen) atoms. The van der Waals surface area contributed by atoms with E-state index < -0.39 is 0 Å². The maximum Gasteiger partial charge on any atom is 0.227 e. The van der Waals surface area contributed by atoms with Gasteiger partial charge in [-0.1, -0.05) is 24.3 Å². The first-order valence-corrected chi connectivity index (χ1v) is 11.8. The maximum atomic E-state index is 13.9. The molecule has 5 heteroatoms. The molecule has 170 valence electrons. The minimum atomic E-state index is -0.295. The third-order valence-corrected chi connectivity index (χ3v) is 7.42. The minimum absolute atomic E-state index is 0.112. The topological polar surface area (TPSA) is 36.4 Å². The zero-order valence-electron chi connectivity index (χ0n) is 19.3. The standard InChI is InChI=1S/C28H30FN3O/c1-20-10-13-30-18-26(20)23-6-3-5-22(15-23)19-31-14-12-28(17-21(31)2)11-9-27(33)32(28)25-8-4-7-24(29)16-25/h3-8,10,13,15-16,18,21H,9,11-12,14,17,19H2,1-2H3/t21-,28+/m1/s1. The number of halogens is 1. The van der Waals surface area contributed by atoms with Crippen molar-refractivity contribution in [2.45, 2.75) is 57.7 Å². The van der Waals surface area contributed by atoms with Gasteiger partial charge in [-0.25, -0.2) is 4.39 Å². The number of aromatic nitrogens is 1. The molecule has 2 aliphatic heterocycles. The van der Waals surface area contributed by atoms with Crippen molar-refractivity contribution in [2.75, 3.05) is 11.4 Å². The van der Waals surface area contributed by atoms with E-state index in [9.17, 15) is 9.18 Å². The normalized spacial score (nSPS) is 23.4. The predicted octanol–water partition coefficient (Wildman–Crippen LogP) is 5.75. The summed E-state index contributed by atoms with van der Waals surface area (Å²) in [7, 11) is 0. The molecule has 0 unspecified atom stereocenters. The lowest BCUT2D eigenvalue weighted by atomic mass is 9.81. The van der Waals surface area contributed by atoms with Gasteiger partial charge in [0.15, 0.2) is 0 Å². The summed E-state index contributed by atoms with van der Waals surface area (Å²) < 4.78 is 13.9. The first-order valence-electron chi connectivity index (χ1n) is 11.8. The molecule has 2 aliphatic rings. The fourth-order valence-corrected chi connectivity index (χ4v) is 5.72. The molecule has 1 amide bonds. The summed E-state index contributed by atoms with van der Waals surface area (Å²) in [6.45, 7) is 6.15. The number of anilines is 1. The van der Waals surface area contributed by atoms with E-state index in [2.05, 4.69) is 48.0 Å². The van der Waals surface area contributed by atoms with Crippen molar-refractivity contribution in [1.82, 2.24) is 9.88 Å². The Morgan fingerprint density at radius 2 is 1.97 bits per heavy atom. The highest BCUT2D eigenvalue weighted by atomic mass is 19.1. The van der Waals surface area contributed by atoms with Crippen LogP contribution in [0.15, 0.2) is 67.0 Å². The number of nitrogens with zero attached hydrogens (tertiary/aromatic N) is 3. The summed E-state index contributed by atoms with van der Waals surface area (Å²) in [5, 5.41) is 0. The van der Waals surface area contributed by atoms with Crippen LogP contribution in [0, 0.1) is 12.7 Å². The summed E-state index contributed by atoms with van der Waals surface area (Å²) >= 11 is 0. The summed E-state index contributed by atoms with van der Waals surface area (Å²) in [6.07, 6.45) is 6.94. The van der Waals surface area contributed by atoms with E-state index in [4.69, 9.17) is 0 Å². The highest BCUT2D eigenvalue weighted by Crippen LogP contribution is 2.44. The molecule has 2 fully saturated rings. The number of aryl methyl sites for hydroxylation is 1. The van der Waals surface area contributed by atoms with E-state index in [1.807, 2.05) is 29.4 Å². The van der Waals surface area contributed by atoms with E-state index in [0.29, 0.717) is 18.2 Å². The Bertz CT molecular complexity index is 1180. The van der Waals surface area contributed by atoms with Crippen LogP contribution in [-0.2, 0) is 11.3 Å². The summed E-state index contributed by atoms with van der Waals surface area (Å²) in [6, 6.07) is 17.6. The number of benzene rings is 2. The van der Waals surface area contributed by atoms with E-state index in [1.54, 1.807) is 6.07 Å². The second kappa shape index (κ2) is 8.71. The molecular formula is C28H30FN3O. The van der Waals surface area contributed by atoms with Gasteiger partial charge in [-0.2, -0.15) is 0 Å². The molecule has 0 aliphatic carbocycles. The molecule has 0 N–H and O–H groups in total. The third-order valence-electron chi connectivity index (χ3n) is 7.42. The molecule has 4 nitrogen and oxygen atoms in total. The van der Waals surface area contributed by atoms with Crippen LogP contribution in [0.25, 0.3) is 11.1 Å². The zero-order chi connectivity index (χ0) is 23.0. The van der Waals surface area contributed by atoms with Crippen LogP contribution in [-0.4, -0.2) is 33.9 Å². The number of likely N-dealkylation sites (tertiary alicyclic amines) is 1. The van der Waals surface area contributed by atoms with Crippen LogP contribution >= 0.6 is 0 Å². The molecule has 1 spiro atoms. The average molecular weight is 444 g/mol. The molecule has 0 bridgehead atoms. The van der Waals surface area contributed by atoms with Gasteiger partial charge in [-0.3, -0.25) is 14.7 Å². The van der Waals surface area contributed by atoms with Gasteiger partial charge >= 0.3 is 0 Å². The average Bonchev–Trinajstić information content (AvgIpc) is 3.11. The van der Waals surface area contributed by atoms with Gasteiger partial charge in [0.2, 0.25) is 5.91 Å². The first-order chi connectivity index (χ1) is 15.9. The molecule has 3 heterocycles. The summed E-state index contributed by atoms with van der Waals surface area (Å²) in [5.41, 5.74) is 5.34. The number of amides is 1. The Morgan fingerprint density at radius 3 is 2.76 bits per heavy atom. The number of piperidine rings is 1. The minimum Gasteiger partial charge on any atom is -0.306 e. The molecule has 2 saturated heterocycles. The maximum absolute atomic E-state index is 13.9. The van der Waals surface area contributed by atoms with Gasteiger partial charge < -0.3 is 4.90 Å². The Kier molecular flexibility index (Phi) is 5.75. The van der Waals surface area contributed by atoms with E-state index in [1.165, 1.54) is 34.4 Å². The van der Waals surface area contributed by atoms with Gasteiger partial charge in [-0.15, -0.1) is 0 Å². The second-order valence-corrected chi connectivity index (χ2v) is 9.60. The molecule has 2 aromatic carbocycles. The highest BCUT2D eigenvalue weighted by Gasteiger charge is 2.49. The number of carbonyl (C=O) groups is 1. The van der Waals surface area contributed by atoms with Crippen molar-refractivity contribution >= 4 is 11.6 Å². The van der Waals surface area contributed by atoms with Crippen molar-refractivity contribution in [2.24, 2.45) is 0 Å². The summed E-state index contributed by atoms with van der Waals surface area (Å²) in [5.74, 6) is -0.183. The molecule has 3 aromatic rings. The monoisotopic (exact) mass is 443 g/mol. The number of hydrogen-bond acceptors (Lipinski definition) is 3. The lowest BCUT2D eigenvalue weighted by Crippen LogP contribution is -2.56. The molecule has 0 radical (unpaired) electrons. The first kappa shape index (κ1) is 21.8. The molecular weight excluding hydrogens is 413 g/mol. The van der Waals surface area contributed by atoms with E-state index >= 15 is 0 Å². The number of rotatable bonds is 4. The van der Waals surface area contributed by atoms with Crippen LogP contribution in [0.4, 0.5) is 10.1 Å². The number of hydrogen-bond donors (Lipinski definition) is 0. The lowest BCUT2D eigenvalue weighted by Gasteiger charge is -2.48. The van der Waals surface area contributed by atoms with E-state index in [0.717, 1.165) is 32.4 Å². The number of pyridine rings is 1. The van der Waals surface area contributed by atoms with Crippen molar-refractivity contribution in [1.29, 1.82) is 0 Å². The Morgan fingerprint density at radius 1 is 1.12 bits per heavy atom. The van der Waals surface area contributed by atoms with E-state index in [-0.39, 0.29) is 17.3 Å². The Hall–Kier alpha value is -3.05. The predicted molar refractivity (Wildman–Crippen MR) is 129 cm³/mol. The smallest absolute Gasteiger partial charge is 0.227 e. The second-order valence-electron chi connectivity index (χ2n) is 9.60.